The van der Waals surface area contributed by atoms with Gasteiger partial charge in [0.25, 0.3) is 0 Å². The number of carbonyl (C=O) groups excluding carboxylic acids is 1. The molecule has 4 heteroatoms. The topological polar surface area (TPSA) is 49.8 Å². The van der Waals surface area contributed by atoms with E-state index in [1.807, 2.05) is 4.90 Å². The van der Waals surface area contributed by atoms with Crippen LogP contribution in [0.2, 0.25) is 0 Å². The van der Waals surface area contributed by atoms with Gasteiger partial charge in [0.15, 0.2) is 0 Å². The van der Waals surface area contributed by atoms with Crippen LogP contribution < -0.4 is 0 Å². The monoisotopic (exact) mass is 243 g/mol. The van der Waals surface area contributed by atoms with Gasteiger partial charge < -0.3 is 14.7 Å². The van der Waals surface area contributed by atoms with Crippen LogP contribution in [-0.2, 0) is 9.53 Å². The molecule has 1 aliphatic heterocycles. The summed E-state index contributed by atoms with van der Waals surface area (Å²) in [5.41, 5.74) is 0. The van der Waals surface area contributed by atoms with Crippen LogP contribution in [0.5, 0.6) is 0 Å². The highest BCUT2D eigenvalue weighted by Crippen LogP contribution is 2.15. The SMILES string of the molecule is CCCOC1CCCN(C(=O)CCCCO)C1. The molecule has 1 amide bonds. The maximum absolute atomic E-state index is 11.9. The fraction of sp³-hybridized carbons (Fsp3) is 0.923. The predicted molar refractivity (Wildman–Crippen MR) is 66.8 cm³/mol. The molecule has 1 atom stereocenters. The van der Waals surface area contributed by atoms with Gasteiger partial charge in [-0.2, -0.15) is 0 Å². The van der Waals surface area contributed by atoms with E-state index in [1.165, 1.54) is 0 Å². The number of aliphatic hydroxyl groups excluding tert-OH is 1. The molecule has 100 valence electrons. The zero-order valence-electron chi connectivity index (χ0n) is 10.9. The van der Waals surface area contributed by atoms with Crippen molar-refractivity contribution in [1.82, 2.24) is 4.90 Å². The number of amides is 1. The number of nitrogens with zero attached hydrogens (tertiary/aromatic N) is 1. The Hall–Kier alpha value is -0.610. The Morgan fingerprint density at radius 2 is 2.29 bits per heavy atom. The summed E-state index contributed by atoms with van der Waals surface area (Å²) in [7, 11) is 0. The van der Waals surface area contributed by atoms with Gasteiger partial charge in [-0.15, -0.1) is 0 Å². The van der Waals surface area contributed by atoms with E-state index in [4.69, 9.17) is 9.84 Å². The van der Waals surface area contributed by atoms with Gasteiger partial charge in [-0.1, -0.05) is 6.92 Å². The fourth-order valence-electron chi connectivity index (χ4n) is 2.13. The molecule has 0 aliphatic carbocycles. The lowest BCUT2D eigenvalue weighted by Crippen LogP contribution is -2.43. The number of aliphatic hydroxyl groups is 1. The smallest absolute Gasteiger partial charge is 0.222 e. The van der Waals surface area contributed by atoms with Crippen LogP contribution in [0.3, 0.4) is 0 Å². The van der Waals surface area contributed by atoms with Gasteiger partial charge in [0.1, 0.15) is 0 Å². The zero-order chi connectivity index (χ0) is 12.5. The quantitative estimate of drug-likeness (QED) is 0.690. The van der Waals surface area contributed by atoms with Crippen molar-refractivity contribution in [2.45, 2.75) is 51.6 Å². The lowest BCUT2D eigenvalue weighted by molar-refractivity contribution is -0.135. The molecule has 0 spiro atoms. The van der Waals surface area contributed by atoms with E-state index in [1.54, 1.807) is 0 Å². The Bertz CT molecular complexity index is 221. The van der Waals surface area contributed by atoms with E-state index in [9.17, 15) is 4.79 Å². The largest absolute Gasteiger partial charge is 0.396 e. The van der Waals surface area contributed by atoms with Gasteiger partial charge in [-0.25, -0.2) is 0 Å². The standard InChI is InChI=1S/C13H25NO3/c1-2-10-17-12-6-5-8-14(11-12)13(16)7-3-4-9-15/h12,15H,2-11H2,1H3. The third-order valence-corrected chi connectivity index (χ3v) is 3.09. The van der Waals surface area contributed by atoms with Gasteiger partial charge in [0.2, 0.25) is 5.91 Å². The summed E-state index contributed by atoms with van der Waals surface area (Å²) in [6.45, 7) is 4.68. The molecule has 0 aromatic heterocycles. The van der Waals surface area contributed by atoms with Crippen LogP contribution in [0.25, 0.3) is 0 Å². The second kappa shape index (κ2) is 8.48. The molecule has 1 heterocycles. The fourth-order valence-corrected chi connectivity index (χ4v) is 2.13. The van der Waals surface area contributed by atoms with E-state index >= 15 is 0 Å². The summed E-state index contributed by atoms with van der Waals surface area (Å²) >= 11 is 0. The summed E-state index contributed by atoms with van der Waals surface area (Å²) in [6.07, 6.45) is 5.43. The van der Waals surface area contributed by atoms with Crippen molar-refractivity contribution in [3.8, 4) is 0 Å². The Kier molecular flexibility index (Phi) is 7.21. The second-order valence-electron chi connectivity index (χ2n) is 4.66. The highest BCUT2D eigenvalue weighted by atomic mass is 16.5. The highest BCUT2D eigenvalue weighted by Gasteiger charge is 2.23. The predicted octanol–water partition coefficient (Wildman–Crippen LogP) is 1.57. The first-order chi connectivity index (χ1) is 8.27. The molecule has 17 heavy (non-hydrogen) atoms. The Morgan fingerprint density at radius 1 is 1.47 bits per heavy atom. The average Bonchev–Trinajstić information content (AvgIpc) is 2.37. The number of likely N-dealkylation sites (tertiary alicyclic amines) is 1. The first-order valence-corrected chi connectivity index (χ1v) is 6.78. The van der Waals surface area contributed by atoms with Crippen molar-refractivity contribution in [3.05, 3.63) is 0 Å². The Balaban J connectivity index is 2.25. The second-order valence-corrected chi connectivity index (χ2v) is 4.66. The lowest BCUT2D eigenvalue weighted by atomic mass is 10.1. The normalized spacial score (nSPS) is 20.6. The van der Waals surface area contributed by atoms with Crippen molar-refractivity contribution in [1.29, 1.82) is 0 Å². The summed E-state index contributed by atoms with van der Waals surface area (Å²) in [4.78, 5) is 13.8. The summed E-state index contributed by atoms with van der Waals surface area (Å²) in [5.74, 6) is 0.211. The number of carbonyl (C=O) groups is 1. The summed E-state index contributed by atoms with van der Waals surface area (Å²) in [5, 5.41) is 8.68. The van der Waals surface area contributed by atoms with E-state index in [-0.39, 0.29) is 18.6 Å². The minimum atomic E-state index is 0.176. The van der Waals surface area contributed by atoms with Gasteiger partial charge in [0.05, 0.1) is 6.10 Å². The maximum Gasteiger partial charge on any atom is 0.222 e. The molecule has 0 radical (unpaired) electrons. The molecule has 4 nitrogen and oxygen atoms in total. The molecule has 1 fully saturated rings. The Morgan fingerprint density at radius 3 is 3.00 bits per heavy atom. The van der Waals surface area contributed by atoms with Crippen molar-refractivity contribution in [2.24, 2.45) is 0 Å². The van der Waals surface area contributed by atoms with Crippen molar-refractivity contribution in [3.63, 3.8) is 0 Å². The number of ether oxygens (including phenoxy) is 1. The highest BCUT2D eigenvalue weighted by molar-refractivity contribution is 5.76. The van der Waals surface area contributed by atoms with Crippen LogP contribution in [0, 0.1) is 0 Å². The maximum atomic E-state index is 11.9. The minimum Gasteiger partial charge on any atom is -0.396 e. The number of hydrogen-bond donors (Lipinski definition) is 1. The molecule has 0 bridgehead atoms. The number of hydrogen-bond acceptors (Lipinski definition) is 3. The van der Waals surface area contributed by atoms with E-state index in [2.05, 4.69) is 6.92 Å². The van der Waals surface area contributed by atoms with E-state index in [0.717, 1.165) is 51.8 Å². The molecule has 1 N–H and O–H groups in total. The van der Waals surface area contributed by atoms with E-state index < -0.39 is 0 Å². The molecular weight excluding hydrogens is 218 g/mol. The van der Waals surface area contributed by atoms with Crippen molar-refractivity contribution in [2.75, 3.05) is 26.3 Å². The third kappa shape index (κ3) is 5.50. The molecular formula is C13H25NO3. The molecule has 0 saturated carbocycles. The first-order valence-electron chi connectivity index (χ1n) is 6.78. The molecule has 0 aromatic rings. The average molecular weight is 243 g/mol. The van der Waals surface area contributed by atoms with Crippen molar-refractivity contribution < 1.29 is 14.6 Å². The van der Waals surface area contributed by atoms with Crippen molar-refractivity contribution >= 4 is 5.91 Å². The third-order valence-electron chi connectivity index (χ3n) is 3.09. The van der Waals surface area contributed by atoms with Crippen LogP contribution in [0.4, 0.5) is 0 Å². The van der Waals surface area contributed by atoms with Gasteiger partial charge >= 0.3 is 0 Å². The summed E-state index contributed by atoms with van der Waals surface area (Å²) < 4.78 is 5.70. The van der Waals surface area contributed by atoms with E-state index in [0.29, 0.717) is 6.42 Å². The summed E-state index contributed by atoms with van der Waals surface area (Å²) in [6, 6.07) is 0. The van der Waals surface area contributed by atoms with Gasteiger partial charge in [0, 0.05) is 32.7 Å². The van der Waals surface area contributed by atoms with Gasteiger partial charge in [-0.3, -0.25) is 4.79 Å². The first kappa shape index (κ1) is 14.5. The molecule has 1 rings (SSSR count). The number of piperidine rings is 1. The van der Waals surface area contributed by atoms with Crippen LogP contribution >= 0.6 is 0 Å². The number of rotatable bonds is 7. The van der Waals surface area contributed by atoms with Crippen LogP contribution in [0.15, 0.2) is 0 Å². The molecule has 0 aromatic carbocycles. The zero-order valence-corrected chi connectivity index (χ0v) is 10.9. The van der Waals surface area contributed by atoms with Gasteiger partial charge in [-0.05, 0) is 32.1 Å². The van der Waals surface area contributed by atoms with Crippen LogP contribution in [0.1, 0.15) is 45.4 Å². The molecule has 1 unspecified atom stereocenters. The van der Waals surface area contributed by atoms with Crippen LogP contribution in [-0.4, -0.2) is 48.3 Å². The molecule has 1 saturated heterocycles. The minimum absolute atomic E-state index is 0.176. The molecule has 1 aliphatic rings. The Labute approximate surface area is 104 Å². The lowest BCUT2D eigenvalue weighted by Gasteiger charge is -2.32. The number of unbranched alkanes of at least 4 members (excludes halogenated alkanes) is 1.